The molecule has 2 atom stereocenters. The van der Waals surface area contributed by atoms with Crippen LogP contribution in [0.5, 0.6) is 0 Å². The number of fused-ring (bicyclic) bond motifs is 3. The minimum Gasteiger partial charge on any atom is -0.463 e. The first-order chi connectivity index (χ1) is 19.0. The number of allylic oxidation sites excluding steroid dienone is 5. The van der Waals surface area contributed by atoms with E-state index in [-0.39, 0.29) is 24.0 Å². The van der Waals surface area contributed by atoms with E-state index in [0.717, 1.165) is 5.56 Å². The summed E-state index contributed by atoms with van der Waals surface area (Å²) >= 11 is 0. The fourth-order valence-corrected chi connectivity index (χ4v) is 5.38. The number of anilines is 1. The van der Waals surface area contributed by atoms with Gasteiger partial charge in [0.15, 0.2) is 5.65 Å². The minimum absolute atomic E-state index is 0.218. The predicted molar refractivity (Wildman–Crippen MR) is 146 cm³/mol. The topological polar surface area (TPSA) is 90.5 Å². The van der Waals surface area contributed by atoms with Crippen molar-refractivity contribution in [1.82, 2.24) is 19.2 Å². The summed E-state index contributed by atoms with van der Waals surface area (Å²) in [6.45, 7) is 3.79. The summed E-state index contributed by atoms with van der Waals surface area (Å²) in [5, 5.41) is 12.3. The normalized spacial score (nSPS) is 18.5. The van der Waals surface area contributed by atoms with Crippen LogP contribution >= 0.6 is 0 Å². The molecule has 0 bridgehead atoms. The zero-order chi connectivity index (χ0) is 27.1. The molecule has 3 heterocycles. The second-order valence-electron chi connectivity index (χ2n) is 9.45. The predicted octanol–water partition coefficient (Wildman–Crippen LogP) is 5.17. The van der Waals surface area contributed by atoms with Crippen molar-refractivity contribution in [2.24, 2.45) is 0 Å². The van der Waals surface area contributed by atoms with Crippen molar-refractivity contribution in [3.63, 3.8) is 0 Å². The number of rotatable bonds is 5. The zero-order valence-corrected chi connectivity index (χ0v) is 21.5. The van der Waals surface area contributed by atoms with E-state index in [1.807, 2.05) is 60.7 Å². The average Bonchev–Trinajstić information content (AvgIpc) is 3.39. The summed E-state index contributed by atoms with van der Waals surface area (Å²) < 4.78 is 22.3. The number of ether oxygens (including phenoxy) is 1. The van der Waals surface area contributed by atoms with Gasteiger partial charge in [-0.15, -0.1) is 10.2 Å². The van der Waals surface area contributed by atoms with Crippen LogP contribution in [0.2, 0.25) is 0 Å². The average molecular weight is 524 g/mol. The van der Waals surface area contributed by atoms with Crippen LogP contribution < -0.4 is 11.0 Å². The summed E-state index contributed by atoms with van der Waals surface area (Å²) in [6, 6.07) is 18.9. The molecule has 39 heavy (non-hydrogen) atoms. The van der Waals surface area contributed by atoms with Gasteiger partial charge in [0.05, 0.1) is 29.3 Å². The highest BCUT2D eigenvalue weighted by molar-refractivity contribution is 5.95. The van der Waals surface area contributed by atoms with Gasteiger partial charge in [0.25, 0.3) is 0 Å². The lowest BCUT2D eigenvalue weighted by molar-refractivity contribution is -0.138. The largest absolute Gasteiger partial charge is 0.463 e. The van der Waals surface area contributed by atoms with Crippen molar-refractivity contribution < 1.29 is 13.9 Å². The third-order valence-corrected chi connectivity index (χ3v) is 7.11. The molecule has 0 fully saturated rings. The molecule has 1 aliphatic carbocycles. The molecule has 2 aromatic carbocycles. The monoisotopic (exact) mass is 523 g/mol. The maximum atomic E-state index is 14.2. The van der Waals surface area contributed by atoms with E-state index in [4.69, 9.17) is 4.74 Å². The van der Waals surface area contributed by atoms with Crippen LogP contribution in [0.3, 0.4) is 0 Å². The fraction of sp³-hybridized carbons (Fsp3) is 0.200. The van der Waals surface area contributed by atoms with Gasteiger partial charge in [-0.3, -0.25) is 0 Å². The molecule has 0 spiro atoms. The van der Waals surface area contributed by atoms with Gasteiger partial charge in [0, 0.05) is 11.6 Å². The highest BCUT2D eigenvalue weighted by Gasteiger charge is 2.38. The molecular weight excluding hydrogens is 497 g/mol. The number of para-hydroxylation sites is 1. The van der Waals surface area contributed by atoms with Crippen LogP contribution in [0.15, 0.2) is 101 Å². The highest BCUT2D eigenvalue weighted by atomic mass is 19.1. The van der Waals surface area contributed by atoms with Crippen molar-refractivity contribution >= 4 is 17.4 Å². The zero-order valence-electron chi connectivity index (χ0n) is 21.5. The van der Waals surface area contributed by atoms with E-state index >= 15 is 0 Å². The molecular formula is C30H26FN5O3. The molecule has 1 aliphatic heterocycles. The van der Waals surface area contributed by atoms with E-state index in [9.17, 15) is 14.0 Å². The number of carbonyl (C=O) groups excluding carboxylic acids is 1. The Kier molecular flexibility index (Phi) is 6.18. The summed E-state index contributed by atoms with van der Waals surface area (Å²) in [4.78, 5) is 27.6. The van der Waals surface area contributed by atoms with Gasteiger partial charge in [-0.25, -0.2) is 22.9 Å². The number of esters is 1. The van der Waals surface area contributed by atoms with Gasteiger partial charge < -0.3 is 10.1 Å². The van der Waals surface area contributed by atoms with E-state index < -0.39 is 11.9 Å². The van der Waals surface area contributed by atoms with Crippen molar-refractivity contribution in [2.45, 2.75) is 32.1 Å². The first kappa shape index (κ1) is 24.5. The molecule has 0 saturated heterocycles. The number of hydrogen-bond donors (Lipinski definition) is 1. The Hall–Kier alpha value is -4.79. The van der Waals surface area contributed by atoms with Crippen LogP contribution in [0.4, 0.5) is 10.2 Å². The summed E-state index contributed by atoms with van der Waals surface area (Å²) in [7, 11) is 0. The van der Waals surface area contributed by atoms with Crippen molar-refractivity contribution in [1.29, 1.82) is 0 Å². The Morgan fingerprint density at radius 3 is 2.49 bits per heavy atom. The van der Waals surface area contributed by atoms with Crippen LogP contribution in [-0.2, 0) is 9.53 Å². The van der Waals surface area contributed by atoms with Crippen LogP contribution in [0.1, 0.15) is 49.1 Å². The summed E-state index contributed by atoms with van der Waals surface area (Å²) in [6.07, 6.45) is 4.89. The van der Waals surface area contributed by atoms with Gasteiger partial charge in [-0.05, 0) is 50.1 Å². The van der Waals surface area contributed by atoms with Gasteiger partial charge in [-0.2, -0.15) is 0 Å². The molecule has 2 unspecified atom stereocenters. The Labute approximate surface area is 223 Å². The lowest BCUT2D eigenvalue weighted by Crippen LogP contribution is -2.35. The van der Waals surface area contributed by atoms with Crippen molar-refractivity contribution in [3.05, 3.63) is 123 Å². The molecule has 196 valence electrons. The smallest absolute Gasteiger partial charge is 0.341 e. The SMILES string of the molecule is CCOC(=O)C1=C(C)Nc2c(c3nnc(C4C=CC(F)=CC4)n3c(=O)n2-c2ccccc2)C1c1ccccc1. The van der Waals surface area contributed by atoms with Gasteiger partial charge >= 0.3 is 11.7 Å². The van der Waals surface area contributed by atoms with Crippen LogP contribution in [-0.4, -0.2) is 31.7 Å². The second kappa shape index (κ2) is 9.83. The Balaban J connectivity index is 1.71. The first-order valence-electron chi connectivity index (χ1n) is 12.8. The maximum absolute atomic E-state index is 14.2. The molecule has 0 saturated carbocycles. The Morgan fingerprint density at radius 2 is 1.82 bits per heavy atom. The molecule has 1 N–H and O–H groups in total. The Morgan fingerprint density at radius 1 is 1.10 bits per heavy atom. The van der Waals surface area contributed by atoms with Crippen LogP contribution in [0.25, 0.3) is 11.3 Å². The van der Waals surface area contributed by atoms with Gasteiger partial charge in [0.2, 0.25) is 0 Å². The Bertz CT molecular complexity index is 1740. The van der Waals surface area contributed by atoms with Gasteiger partial charge in [0.1, 0.15) is 17.5 Å². The molecule has 2 aromatic heterocycles. The molecule has 0 amide bonds. The molecule has 4 aromatic rings. The fourth-order valence-electron chi connectivity index (χ4n) is 5.38. The van der Waals surface area contributed by atoms with E-state index in [2.05, 4.69) is 15.5 Å². The minimum atomic E-state index is -0.587. The quantitative estimate of drug-likeness (QED) is 0.363. The first-order valence-corrected chi connectivity index (χ1v) is 12.8. The third-order valence-electron chi connectivity index (χ3n) is 7.11. The van der Waals surface area contributed by atoms with Crippen LogP contribution in [0, 0.1) is 0 Å². The second-order valence-corrected chi connectivity index (χ2v) is 9.45. The summed E-state index contributed by atoms with van der Waals surface area (Å²) in [5.74, 6) is -0.806. The van der Waals surface area contributed by atoms with Gasteiger partial charge in [-0.1, -0.05) is 54.6 Å². The number of nitrogens with zero attached hydrogens (tertiary/aromatic N) is 4. The highest BCUT2D eigenvalue weighted by Crippen LogP contribution is 2.44. The summed E-state index contributed by atoms with van der Waals surface area (Å²) in [5.41, 5.74) is 3.08. The number of nitrogens with one attached hydrogen (secondary N) is 1. The van der Waals surface area contributed by atoms with Crippen molar-refractivity contribution in [2.75, 3.05) is 11.9 Å². The van der Waals surface area contributed by atoms with E-state index in [1.165, 1.54) is 16.6 Å². The van der Waals surface area contributed by atoms with Crippen molar-refractivity contribution in [3.8, 4) is 5.69 Å². The number of carbonyl (C=O) groups is 1. The standard InChI is InChI=1S/C30H26FN5O3/c1-3-39-29(37)23-18(2)32-27-25(24(23)19-10-6-4-7-11-19)28-34-33-26(20-14-16-21(31)17-15-20)36(28)30(38)35(27)22-12-8-5-9-13-22/h4-14,16-17,20,24,32H,3,15H2,1-2H3. The lowest BCUT2D eigenvalue weighted by Gasteiger charge is -2.32. The molecule has 8 nitrogen and oxygen atoms in total. The lowest BCUT2D eigenvalue weighted by atomic mass is 9.82. The number of benzene rings is 2. The third kappa shape index (κ3) is 4.06. The molecule has 0 radical (unpaired) electrons. The number of hydrogen-bond acceptors (Lipinski definition) is 6. The van der Waals surface area contributed by atoms with E-state index in [1.54, 1.807) is 24.5 Å². The maximum Gasteiger partial charge on any atom is 0.341 e. The molecule has 6 rings (SSSR count). The number of aromatic nitrogens is 4. The number of halogens is 1. The van der Waals surface area contributed by atoms with E-state index in [0.29, 0.717) is 46.2 Å². The molecule has 9 heteroatoms. The molecule has 2 aliphatic rings.